The summed E-state index contributed by atoms with van der Waals surface area (Å²) in [5, 5.41) is 11.2. The van der Waals surface area contributed by atoms with Crippen LogP contribution in [0, 0.1) is 0 Å². The molecule has 0 fully saturated rings. The van der Waals surface area contributed by atoms with E-state index >= 15 is 0 Å². The summed E-state index contributed by atoms with van der Waals surface area (Å²) in [5.41, 5.74) is -0.744. The van der Waals surface area contributed by atoms with Gasteiger partial charge in [-0.3, -0.25) is 0 Å². The predicted octanol–water partition coefficient (Wildman–Crippen LogP) is 2.55. The van der Waals surface area contributed by atoms with Crippen molar-refractivity contribution >= 4 is 0 Å². The molecular weight excluding hydrogens is 112 g/mol. The molecule has 0 aromatic rings. The summed E-state index contributed by atoms with van der Waals surface area (Å²) in [6.07, 6.45) is 5.21. The second-order valence-corrected chi connectivity index (χ2v) is 2.58. The molecule has 1 heteroatoms. The first-order chi connectivity index (χ1) is 4.12. The SMILES string of the molecule is CC=CCC(C)([O])CC. The highest BCUT2D eigenvalue weighted by molar-refractivity contribution is 4.85. The van der Waals surface area contributed by atoms with Crippen LogP contribution in [0.1, 0.15) is 33.6 Å². The molecule has 0 N–H and O–H groups in total. The van der Waals surface area contributed by atoms with E-state index in [1.54, 1.807) is 6.92 Å². The number of allylic oxidation sites excluding steroid dienone is 1. The van der Waals surface area contributed by atoms with E-state index in [2.05, 4.69) is 0 Å². The van der Waals surface area contributed by atoms with Gasteiger partial charge in [-0.15, -0.1) is 0 Å². The van der Waals surface area contributed by atoms with Crippen LogP contribution in [0.25, 0.3) is 0 Å². The Morgan fingerprint density at radius 3 is 2.44 bits per heavy atom. The van der Waals surface area contributed by atoms with Gasteiger partial charge >= 0.3 is 0 Å². The lowest BCUT2D eigenvalue weighted by Gasteiger charge is -2.14. The van der Waals surface area contributed by atoms with Crippen molar-refractivity contribution < 1.29 is 5.11 Å². The molecule has 0 rings (SSSR count). The number of hydrogen-bond donors (Lipinski definition) is 0. The van der Waals surface area contributed by atoms with Crippen molar-refractivity contribution in [2.45, 2.75) is 39.2 Å². The van der Waals surface area contributed by atoms with Gasteiger partial charge in [-0.05, 0) is 26.7 Å². The summed E-state index contributed by atoms with van der Waals surface area (Å²) in [6.45, 7) is 5.61. The summed E-state index contributed by atoms with van der Waals surface area (Å²) < 4.78 is 0. The summed E-state index contributed by atoms with van der Waals surface area (Å²) in [7, 11) is 0. The molecule has 9 heavy (non-hydrogen) atoms. The molecule has 1 nitrogen and oxygen atoms in total. The smallest absolute Gasteiger partial charge is 0.104 e. The average molecular weight is 127 g/mol. The van der Waals surface area contributed by atoms with Gasteiger partial charge < -0.3 is 0 Å². The summed E-state index contributed by atoms with van der Waals surface area (Å²) in [6, 6.07) is 0. The van der Waals surface area contributed by atoms with Crippen LogP contribution in [0.3, 0.4) is 0 Å². The Bertz CT molecular complexity index is 92.7. The minimum absolute atomic E-state index is 0.653. The first-order valence-corrected chi connectivity index (χ1v) is 3.44. The Morgan fingerprint density at radius 1 is 1.56 bits per heavy atom. The lowest BCUT2D eigenvalue weighted by atomic mass is 9.99. The molecule has 0 saturated heterocycles. The van der Waals surface area contributed by atoms with E-state index < -0.39 is 5.60 Å². The topological polar surface area (TPSA) is 19.9 Å². The quantitative estimate of drug-likeness (QED) is 0.519. The van der Waals surface area contributed by atoms with Gasteiger partial charge in [-0.1, -0.05) is 19.1 Å². The molecule has 1 atom stereocenters. The zero-order chi connectivity index (χ0) is 7.33. The van der Waals surface area contributed by atoms with Crippen molar-refractivity contribution in [2.75, 3.05) is 0 Å². The van der Waals surface area contributed by atoms with Crippen molar-refractivity contribution in [1.29, 1.82) is 0 Å². The van der Waals surface area contributed by atoms with E-state index in [0.29, 0.717) is 12.8 Å². The van der Waals surface area contributed by atoms with Crippen molar-refractivity contribution in [3.63, 3.8) is 0 Å². The maximum atomic E-state index is 11.2. The minimum Gasteiger partial charge on any atom is -0.229 e. The molecule has 0 aliphatic carbocycles. The van der Waals surface area contributed by atoms with Gasteiger partial charge in [0, 0.05) is 0 Å². The van der Waals surface area contributed by atoms with Crippen LogP contribution in [0.4, 0.5) is 0 Å². The van der Waals surface area contributed by atoms with Crippen LogP contribution in [0.2, 0.25) is 0 Å². The number of hydrogen-bond acceptors (Lipinski definition) is 0. The lowest BCUT2D eigenvalue weighted by molar-refractivity contribution is -0.0134. The Balaban J connectivity index is 3.58. The zero-order valence-corrected chi connectivity index (χ0v) is 6.48. The van der Waals surface area contributed by atoms with Gasteiger partial charge in [0.1, 0.15) is 5.60 Å². The normalized spacial score (nSPS) is 18.2. The molecule has 0 saturated carbocycles. The maximum Gasteiger partial charge on any atom is 0.104 e. The van der Waals surface area contributed by atoms with Gasteiger partial charge in [-0.25, -0.2) is 5.11 Å². The first-order valence-electron chi connectivity index (χ1n) is 3.44. The maximum absolute atomic E-state index is 11.2. The third-order valence-electron chi connectivity index (χ3n) is 1.53. The molecule has 0 heterocycles. The van der Waals surface area contributed by atoms with Crippen LogP contribution in [-0.4, -0.2) is 5.60 Å². The highest BCUT2D eigenvalue weighted by atomic mass is 16.3. The van der Waals surface area contributed by atoms with E-state index in [4.69, 9.17) is 0 Å². The van der Waals surface area contributed by atoms with Crippen molar-refractivity contribution in [3.05, 3.63) is 12.2 Å². The van der Waals surface area contributed by atoms with Crippen molar-refractivity contribution in [3.8, 4) is 0 Å². The fourth-order valence-corrected chi connectivity index (χ4v) is 0.511. The summed E-state index contributed by atoms with van der Waals surface area (Å²) >= 11 is 0. The van der Waals surface area contributed by atoms with Gasteiger partial charge in [0.15, 0.2) is 0 Å². The first kappa shape index (κ1) is 8.70. The summed E-state index contributed by atoms with van der Waals surface area (Å²) in [5.74, 6) is 0. The van der Waals surface area contributed by atoms with Crippen LogP contribution >= 0.6 is 0 Å². The van der Waals surface area contributed by atoms with Crippen LogP contribution in [-0.2, 0) is 5.11 Å². The molecule has 0 aromatic carbocycles. The monoisotopic (exact) mass is 127 g/mol. The summed E-state index contributed by atoms with van der Waals surface area (Å²) in [4.78, 5) is 0. The Labute approximate surface area is 57.4 Å². The molecule has 0 amide bonds. The molecule has 53 valence electrons. The van der Waals surface area contributed by atoms with Crippen LogP contribution in [0.5, 0.6) is 0 Å². The second-order valence-electron chi connectivity index (χ2n) is 2.58. The molecule has 0 aliphatic rings. The molecule has 0 aromatic heterocycles. The highest BCUT2D eigenvalue weighted by Gasteiger charge is 2.16. The Hall–Kier alpha value is -0.300. The highest BCUT2D eigenvalue weighted by Crippen LogP contribution is 2.14. The van der Waals surface area contributed by atoms with E-state index in [0.717, 1.165) is 0 Å². The van der Waals surface area contributed by atoms with Crippen molar-refractivity contribution in [1.82, 2.24) is 0 Å². The Kier molecular flexibility index (Phi) is 3.55. The molecule has 0 bridgehead atoms. The van der Waals surface area contributed by atoms with E-state index in [1.807, 2.05) is 26.0 Å². The van der Waals surface area contributed by atoms with E-state index in [1.165, 1.54) is 0 Å². The van der Waals surface area contributed by atoms with Crippen LogP contribution < -0.4 is 0 Å². The fourth-order valence-electron chi connectivity index (χ4n) is 0.511. The zero-order valence-electron chi connectivity index (χ0n) is 6.48. The second kappa shape index (κ2) is 3.67. The van der Waals surface area contributed by atoms with Crippen molar-refractivity contribution in [2.24, 2.45) is 0 Å². The molecule has 1 radical (unpaired) electrons. The fraction of sp³-hybridized carbons (Fsp3) is 0.750. The molecule has 0 aliphatic heterocycles. The third kappa shape index (κ3) is 4.22. The van der Waals surface area contributed by atoms with Gasteiger partial charge in [0.25, 0.3) is 0 Å². The third-order valence-corrected chi connectivity index (χ3v) is 1.53. The van der Waals surface area contributed by atoms with Crippen LogP contribution in [0.15, 0.2) is 12.2 Å². The molecule has 0 spiro atoms. The van der Waals surface area contributed by atoms with Gasteiger partial charge in [0.05, 0.1) is 0 Å². The lowest BCUT2D eigenvalue weighted by Crippen LogP contribution is -2.18. The largest absolute Gasteiger partial charge is 0.229 e. The Morgan fingerprint density at radius 2 is 2.11 bits per heavy atom. The van der Waals surface area contributed by atoms with E-state index in [9.17, 15) is 5.11 Å². The minimum atomic E-state index is -0.744. The molecule has 1 unspecified atom stereocenters. The van der Waals surface area contributed by atoms with Gasteiger partial charge in [-0.2, -0.15) is 0 Å². The van der Waals surface area contributed by atoms with E-state index in [-0.39, 0.29) is 0 Å². The average Bonchev–Trinajstić information content (AvgIpc) is 1.84. The standard InChI is InChI=1S/C8H15O/c1-4-6-7-8(3,9)5-2/h4,6H,5,7H2,1-3H3. The predicted molar refractivity (Wildman–Crippen MR) is 38.8 cm³/mol. The number of rotatable bonds is 3. The van der Waals surface area contributed by atoms with Gasteiger partial charge in [0.2, 0.25) is 0 Å². The molecular formula is C8H15O.